The third kappa shape index (κ3) is 3.07. The summed E-state index contributed by atoms with van der Waals surface area (Å²) in [5, 5.41) is 0. The zero-order valence-electron chi connectivity index (χ0n) is 9.43. The highest BCUT2D eigenvalue weighted by Crippen LogP contribution is 2.28. The molecule has 1 aliphatic rings. The van der Waals surface area contributed by atoms with Crippen LogP contribution in [0.15, 0.2) is 22.7 Å². The van der Waals surface area contributed by atoms with Gasteiger partial charge in [0, 0.05) is 4.47 Å². The lowest BCUT2D eigenvalue weighted by atomic mass is 9.85. The van der Waals surface area contributed by atoms with Gasteiger partial charge in [-0.2, -0.15) is 0 Å². The van der Waals surface area contributed by atoms with Gasteiger partial charge < -0.3 is 0 Å². The average Bonchev–Trinajstić information content (AvgIpc) is 2.25. The van der Waals surface area contributed by atoms with Gasteiger partial charge in [0.2, 0.25) is 0 Å². The lowest BCUT2D eigenvalue weighted by Gasteiger charge is -2.21. The molecule has 2 rings (SSSR count). The number of hydrogen-bond acceptors (Lipinski definition) is 0. The first-order valence-electron chi connectivity index (χ1n) is 6.01. The first-order valence-corrected chi connectivity index (χ1v) is 6.80. The van der Waals surface area contributed by atoms with Crippen molar-refractivity contribution in [1.82, 2.24) is 0 Å². The van der Waals surface area contributed by atoms with Crippen LogP contribution in [0, 0.1) is 12.8 Å². The molecule has 0 aromatic heterocycles. The molecule has 1 fully saturated rings. The van der Waals surface area contributed by atoms with Crippen molar-refractivity contribution in [3.05, 3.63) is 33.8 Å². The van der Waals surface area contributed by atoms with E-state index in [0.717, 1.165) is 5.92 Å². The molecule has 0 N–H and O–H groups in total. The molecule has 15 heavy (non-hydrogen) atoms. The lowest BCUT2D eigenvalue weighted by molar-refractivity contribution is 0.356. The average molecular weight is 267 g/mol. The summed E-state index contributed by atoms with van der Waals surface area (Å²) in [6.45, 7) is 2.18. The van der Waals surface area contributed by atoms with Gasteiger partial charge in [-0.3, -0.25) is 0 Å². The number of rotatable bonds is 2. The van der Waals surface area contributed by atoms with Crippen molar-refractivity contribution < 1.29 is 0 Å². The molecule has 0 radical (unpaired) electrons. The third-order valence-electron chi connectivity index (χ3n) is 3.47. The molecule has 0 spiro atoms. The Morgan fingerprint density at radius 3 is 2.60 bits per heavy atom. The normalized spacial score (nSPS) is 18.0. The van der Waals surface area contributed by atoms with Crippen LogP contribution in [0.2, 0.25) is 0 Å². The molecule has 1 saturated carbocycles. The molecule has 0 aliphatic heterocycles. The Hall–Kier alpha value is -0.300. The quantitative estimate of drug-likeness (QED) is 0.716. The second-order valence-corrected chi connectivity index (χ2v) is 5.65. The summed E-state index contributed by atoms with van der Waals surface area (Å²) in [4.78, 5) is 0. The van der Waals surface area contributed by atoms with Gasteiger partial charge in [0.1, 0.15) is 0 Å². The van der Waals surface area contributed by atoms with Crippen LogP contribution >= 0.6 is 15.9 Å². The van der Waals surface area contributed by atoms with Crippen molar-refractivity contribution >= 4 is 15.9 Å². The Balaban J connectivity index is 2.00. The van der Waals surface area contributed by atoms with Crippen LogP contribution in [0.25, 0.3) is 0 Å². The van der Waals surface area contributed by atoms with E-state index in [1.807, 2.05) is 0 Å². The number of hydrogen-bond donors (Lipinski definition) is 0. The molecule has 1 aromatic carbocycles. The first kappa shape index (κ1) is 11.2. The topological polar surface area (TPSA) is 0 Å². The van der Waals surface area contributed by atoms with Crippen LogP contribution < -0.4 is 0 Å². The molecular weight excluding hydrogens is 248 g/mol. The largest absolute Gasteiger partial charge is 0.0579 e. The number of aryl methyl sites for hydroxylation is 1. The van der Waals surface area contributed by atoms with Crippen LogP contribution in [0.1, 0.15) is 43.2 Å². The van der Waals surface area contributed by atoms with Gasteiger partial charge in [0.25, 0.3) is 0 Å². The second kappa shape index (κ2) is 5.16. The molecule has 82 valence electrons. The van der Waals surface area contributed by atoms with Crippen LogP contribution in [0.5, 0.6) is 0 Å². The van der Waals surface area contributed by atoms with Crippen LogP contribution in [0.3, 0.4) is 0 Å². The van der Waals surface area contributed by atoms with E-state index in [9.17, 15) is 0 Å². The molecule has 0 atom stereocenters. The van der Waals surface area contributed by atoms with Crippen LogP contribution in [0.4, 0.5) is 0 Å². The maximum absolute atomic E-state index is 3.55. The molecule has 0 amide bonds. The van der Waals surface area contributed by atoms with Gasteiger partial charge in [-0.25, -0.2) is 0 Å². The van der Waals surface area contributed by atoms with Crippen LogP contribution in [-0.4, -0.2) is 0 Å². The minimum absolute atomic E-state index is 0.944. The summed E-state index contributed by atoms with van der Waals surface area (Å²) in [7, 11) is 0. The molecular formula is C14H19Br. The van der Waals surface area contributed by atoms with Crippen LogP contribution in [-0.2, 0) is 6.42 Å². The minimum Gasteiger partial charge on any atom is -0.0579 e. The minimum atomic E-state index is 0.944. The molecule has 0 unspecified atom stereocenters. The summed E-state index contributed by atoms with van der Waals surface area (Å²) < 4.78 is 1.23. The lowest BCUT2D eigenvalue weighted by Crippen LogP contribution is -2.09. The molecule has 0 bridgehead atoms. The molecule has 1 aliphatic carbocycles. The van der Waals surface area contributed by atoms with Gasteiger partial charge in [-0.15, -0.1) is 0 Å². The SMILES string of the molecule is Cc1cc(CC2CCCCC2)ccc1Br. The van der Waals surface area contributed by atoms with E-state index in [-0.39, 0.29) is 0 Å². The second-order valence-electron chi connectivity index (χ2n) is 4.79. The Morgan fingerprint density at radius 2 is 1.93 bits per heavy atom. The molecule has 1 heteroatoms. The van der Waals surface area contributed by atoms with Gasteiger partial charge >= 0.3 is 0 Å². The number of halogens is 1. The molecule has 1 aromatic rings. The molecule has 0 heterocycles. The van der Waals surface area contributed by atoms with E-state index in [4.69, 9.17) is 0 Å². The maximum Gasteiger partial charge on any atom is 0.0204 e. The van der Waals surface area contributed by atoms with Gasteiger partial charge in [0.05, 0.1) is 0 Å². The van der Waals surface area contributed by atoms with Crippen molar-refractivity contribution in [2.75, 3.05) is 0 Å². The standard InChI is InChI=1S/C14H19Br/c1-11-9-13(7-8-14(11)15)10-12-5-3-2-4-6-12/h7-9,12H,2-6,10H2,1H3. The highest BCUT2D eigenvalue weighted by atomic mass is 79.9. The Bertz CT molecular complexity index is 324. The van der Waals surface area contributed by atoms with E-state index < -0.39 is 0 Å². The van der Waals surface area contributed by atoms with Crippen molar-refractivity contribution in [3.8, 4) is 0 Å². The first-order chi connectivity index (χ1) is 7.25. The predicted octanol–water partition coefficient (Wildman–Crippen LogP) is 4.88. The summed E-state index contributed by atoms with van der Waals surface area (Å²) in [6, 6.07) is 6.79. The fourth-order valence-corrected chi connectivity index (χ4v) is 2.80. The third-order valence-corrected chi connectivity index (χ3v) is 4.36. The number of benzene rings is 1. The monoisotopic (exact) mass is 266 g/mol. The van der Waals surface area contributed by atoms with Gasteiger partial charge in [-0.1, -0.05) is 60.2 Å². The summed E-state index contributed by atoms with van der Waals surface area (Å²) in [5.41, 5.74) is 2.88. The van der Waals surface area contributed by atoms with Crippen molar-refractivity contribution in [3.63, 3.8) is 0 Å². The summed E-state index contributed by atoms with van der Waals surface area (Å²) in [6.07, 6.45) is 8.51. The van der Waals surface area contributed by atoms with Crippen molar-refractivity contribution in [2.24, 2.45) is 5.92 Å². The van der Waals surface area contributed by atoms with E-state index in [0.29, 0.717) is 0 Å². The van der Waals surface area contributed by atoms with Crippen molar-refractivity contribution in [2.45, 2.75) is 45.4 Å². The fourth-order valence-electron chi connectivity index (χ4n) is 2.56. The Morgan fingerprint density at radius 1 is 1.20 bits per heavy atom. The van der Waals surface area contributed by atoms with E-state index in [2.05, 4.69) is 41.1 Å². The van der Waals surface area contributed by atoms with Gasteiger partial charge in [-0.05, 0) is 36.5 Å². The van der Waals surface area contributed by atoms with E-state index in [1.54, 1.807) is 0 Å². The Kier molecular flexibility index (Phi) is 3.85. The zero-order chi connectivity index (χ0) is 10.7. The van der Waals surface area contributed by atoms with E-state index >= 15 is 0 Å². The Labute approximate surface area is 101 Å². The van der Waals surface area contributed by atoms with Gasteiger partial charge in [0.15, 0.2) is 0 Å². The highest BCUT2D eigenvalue weighted by molar-refractivity contribution is 9.10. The van der Waals surface area contributed by atoms with Crippen molar-refractivity contribution in [1.29, 1.82) is 0 Å². The summed E-state index contributed by atoms with van der Waals surface area (Å²) >= 11 is 3.55. The summed E-state index contributed by atoms with van der Waals surface area (Å²) in [5.74, 6) is 0.944. The maximum atomic E-state index is 3.55. The van der Waals surface area contributed by atoms with E-state index in [1.165, 1.54) is 54.1 Å². The zero-order valence-corrected chi connectivity index (χ0v) is 11.0. The predicted molar refractivity (Wildman–Crippen MR) is 69.2 cm³/mol. The highest BCUT2D eigenvalue weighted by Gasteiger charge is 2.13. The molecule has 0 saturated heterocycles. The molecule has 0 nitrogen and oxygen atoms in total. The fraction of sp³-hybridized carbons (Fsp3) is 0.571. The smallest absolute Gasteiger partial charge is 0.0204 e.